The number of pyridine rings is 1. The van der Waals surface area contributed by atoms with Gasteiger partial charge in [-0.15, -0.1) is 11.6 Å². The fourth-order valence-corrected chi connectivity index (χ4v) is 2.84. The first-order valence-electron chi connectivity index (χ1n) is 7.09. The molecular weight excluding hydrogens is 309 g/mol. The molecule has 5 heteroatoms. The van der Waals surface area contributed by atoms with Gasteiger partial charge in [-0.1, -0.05) is 39.8 Å². The summed E-state index contributed by atoms with van der Waals surface area (Å²) < 4.78 is 5.24. The van der Waals surface area contributed by atoms with Crippen LogP contribution in [0.2, 0.25) is 5.15 Å². The molecule has 1 aliphatic rings. The normalized spacial score (nSPS) is 16.1. The number of alkyl halides is 1. The molecular formula is C16H27Cl2NO2. The molecule has 0 saturated heterocycles. The van der Waals surface area contributed by atoms with Crippen molar-refractivity contribution in [3.8, 4) is 5.75 Å². The minimum absolute atomic E-state index is 0. The van der Waals surface area contributed by atoms with E-state index in [1.54, 1.807) is 7.11 Å². The monoisotopic (exact) mass is 335 g/mol. The third kappa shape index (κ3) is 4.24. The van der Waals surface area contributed by atoms with Crippen molar-refractivity contribution < 1.29 is 9.84 Å². The summed E-state index contributed by atoms with van der Waals surface area (Å²) in [5, 5.41) is 10.9. The van der Waals surface area contributed by atoms with Gasteiger partial charge in [0.25, 0.3) is 0 Å². The van der Waals surface area contributed by atoms with E-state index in [1.807, 2.05) is 26.8 Å². The highest BCUT2D eigenvalue weighted by molar-refractivity contribution is 6.31. The van der Waals surface area contributed by atoms with Gasteiger partial charge in [0.15, 0.2) is 10.9 Å². The topological polar surface area (TPSA) is 42.4 Å². The Labute approximate surface area is 138 Å². The van der Waals surface area contributed by atoms with Gasteiger partial charge in [-0.05, 0) is 36.8 Å². The predicted molar refractivity (Wildman–Crippen MR) is 90.6 cm³/mol. The molecule has 0 spiro atoms. The Hall–Kier alpha value is -0.510. The number of methoxy groups -OCH3 is 1. The van der Waals surface area contributed by atoms with Gasteiger partial charge in [0.05, 0.1) is 18.7 Å². The van der Waals surface area contributed by atoms with Gasteiger partial charge in [0, 0.05) is 0 Å². The lowest BCUT2D eigenvalue weighted by molar-refractivity contribution is 0.0323. The summed E-state index contributed by atoms with van der Waals surface area (Å²) in [5.74, 6) is 0.906. The molecule has 1 atom stereocenters. The molecule has 1 unspecified atom stereocenters. The van der Waals surface area contributed by atoms with E-state index in [4.69, 9.17) is 27.9 Å². The van der Waals surface area contributed by atoms with Crippen molar-refractivity contribution in [3.63, 3.8) is 0 Å². The third-order valence-corrected chi connectivity index (χ3v) is 4.16. The van der Waals surface area contributed by atoms with Crippen LogP contribution in [0.1, 0.15) is 52.3 Å². The van der Waals surface area contributed by atoms with Crippen LogP contribution in [-0.2, 0) is 12.0 Å². The fourth-order valence-electron chi connectivity index (χ4n) is 2.20. The lowest BCUT2D eigenvalue weighted by atomic mass is 9.94. The van der Waals surface area contributed by atoms with Crippen molar-refractivity contribution >= 4 is 23.2 Å². The van der Waals surface area contributed by atoms with E-state index >= 15 is 0 Å². The molecule has 1 aromatic heterocycles. The quantitative estimate of drug-likeness (QED) is 0.620. The van der Waals surface area contributed by atoms with Crippen molar-refractivity contribution in [2.75, 3.05) is 13.0 Å². The molecule has 0 amide bonds. The number of hydrogen-bond acceptors (Lipinski definition) is 3. The van der Waals surface area contributed by atoms with Crippen molar-refractivity contribution in [2.24, 2.45) is 5.92 Å². The van der Waals surface area contributed by atoms with Gasteiger partial charge in [0.1, 0.15) is 5.60 Å². The highest BCUT2D eigenvalue weighted by atomic mass is 35.5. The van der Waals surface area contributed by atoms with Gasteiger partial charge < -0.3 is 9.84 Å². The lowest BCUT2D eigenvalue weighted by Crippen LogP contribution is -2.32. The van der Waals surface area contributed by atoms with Crippen LogP contribution in [0.15, 0.2) is 6.07 Å². The third-order valence-electron chi connectivity index (χ3n) is 3.49. The summed E-state index contributed by atoms with van der Waals surface area (Å²) in [6, 6.07) is 1.85. The molecule has 1 saturated carbocycles. The summed E-state index contributed by atoms with van der Waals surface area (Å²) in [6.07, 6.45) is 2.73. The Morgan fingerprint density at radius 2 is 2.00 bits per heavy atom. The first kappa shape index (κ1) is 20.5. The standard InChI is InChI=1S/C13H17Cl2NO2.C2H6.CH4/c1-3-8-6-10(16-12(15)11(8)18-2)13(17,7-14)9-4-5-9;1-2;/h6,9,17H,3-5,7H2,1-2H3;1-2H3;1H4. The average Bonchev–Trinajstić information content (AvgIpc) is 3.32. The van der Waals surface area contributed by atoms with E-state index in [-0.39, 0.29) is 24.4 Å². The highest BCUT2D eigenvalue weighted by Crippen LogP contribution is 2.47. The Kier molecular flexibility index (Phi) is 8.60. The zero-order valence-corrected chi connectivity index (χ0v) is 14.1. The van der Waals surface area contributed by atoms with Crippen molar-refractivity contribution in [1.29, 1.82) is 0 Å². The summed E-state index contributed by atoms with van der Waals surface area (Å²) in [4.78, 5) is 4.26. The minimum Gasteiger partial charge on any atom is -0.493 e. The molecule has 122 valence electrons. The molecule has 1 aromatic rings. The summed E-state index contributed by atoms with van der Waals surface area (Å²) in [6.45, 7) is 6.01. The second-order valence-corrected chi connectivity index (χ2v) is 5.30. The van der Waals surface area contributed by atoms with Crippen LogP contribution in [0.5, 0.6) is 5.75 Å². The van der Waals surface area contributed by atoms with E-state index in [1.165, 1.54) is 0 Å². The largest absolute Gasteiger partial charge is 0.493 e. The molecule has 0 bridgehead atoms. The molecule has 3 nitrogen and oxygen atoms in total. The van der Waals surface area contributed by atoms with Crippen molar-refractivity contribution in [3.05, 3.63) is 22.5 Å². The van der Waals surface area contributed by atoms with Crippen LogP contribution in [0, 0.1) is 5.92 Å². The fraction of sp³-hybridized carbons (Fsp3) is 0.688. The predicted octanol–water partition coefficient (Wildman–Crippen LogP) is 4.80. The van der Waals surface area contributed by atoms with Crippen LogP contribution in [0.25, 0.3) is 0 Å². The van der Waals surface area contributed by atoms with E-state index in [0.29, 0.717) is 11.4 Å². The zero-order chi connectivity index (χ0) is 15.3. The Morgan fingerprint density at radius 3 is 2.38 bits per heavy atom. The number of hydrogen-bond donors (Lipinski definition) is 1. The average molecular weight is 336 g/mol. The number of aryl methyl sites for hydroxylation is 1. The highest BCUT2D eigenvalue weighted by Gasteiger charge is 2.46. The van der Waals surface area contributed by atoms with Gasteiger partial charge in [-0.2, -0.15) is 0 Å². The van der Waals surface area contributed by atoms with Crippen LogP contribution < -0.4 is 4.74 Å². The maximum absolute atomic E-state index is 10.6. The van der Waals surface area contributed by atoms with Crippen LogP contribution in [0.4, 0.5) is 0 Å². The second-order valence-electron chi connectivity index (χ2n) is 4.68. The van der Waals surface area contributed by atoms with Crippen LogP contribution >= 0.6 is 23.2 Å². The smallest absolute Gasteiger partial charge is 0.171 e. The second kappa shape index (κ2) is 8.82. The van der Waals surface area contributed by atoms with E-state index in [2.05, 4.69) is 4.98 Å². The number of halogens is 2. The lowest BCUT2D eigenvalue weighted by Gasteiger charge is -2.26. The Balaban J connectivity index is 0.00000128. The van der Waals surface area contributed by atoms with E-state index in [9.17, 15) is 5.11 Å². The number of nitrogens with zero attached hydrogens (tertiary/aromatic N) is 1. The number of aliphatic hydroxyl groups is 1. The molecule has 0 radical (unpaired) electrons. The number of ether oxygens (including phenoxy) is 1. The number of aromatic nitrogens is 1. The van der Waals surface area contributed by atoms with Crippen molar-refractivity contribution in [1.82, 2.24) is 4.98 Å². The zero-order valence-electron chi connectivity index (χ0n) is 12.5. The van der Waals surface area contributed by atoms with Gasteiger partial charge >= 0.3 is 0 Å². The van der Waals surface area contributed by atoms with Gasteiger partial charge in [-0.3, -0.25) is 0 Å². The molecule has 0 aliphatic heterocycles. The van der Waals surface area contributed by atoms with Crippen LogP contribution in [-0.4, -0.2) is 23.1 Å². The molecule has 1 fully saturated rings. The van der Waals surface area contributed by atoms with E-state index in [0.717, 1.165) is 24.8 Å². The summed E-state index contributed by atoms with van der Waals surface area (Å²) >= 11 is 12.0. The molecule has 21 heavy (non-hydrogen) atoms. The maximum Gasteiger partial charge on any atom is 0.171 e. The summed E-state index contributed by atoms with van der Waals surface area (Å²) in [7, 11) is 1.57. The van der Waals surface area contributed by atoms with Crippen LogP contribution in [0.3, 0.4) is 0 Å². The molecule has 0 aromatic carbocycles. The van der Waals surface area contributed by atoms with E-state index < -0.39 is 5.60 Å². The van der Waals surface area contributed by atoms with Gasteiger partial charge in [-0.25, -0.2) is 4.98 Å². The maximum atomic E-state index is 10.6. The SMILES string of the molecule is C.CC.CCc1cc(C(O)(CCl)C2CC2)nc(Cl)c1OC. The Bertz CT molecular complexity index is 450. The molecule has 2 rings (SSSR count). The molecule has 1 aliphatic carbocycles. The Morgan fingerprint density at radius 1 is 1.43 bits per heavy atom. The minimum atomic E-state index is -1.07. The van der Waals surface area contributed by atoms with Gasteiger partial charge in [0.2, 0.25) is 0 Å². The summed E-state index contributed by atoms with van der Waals surface area (Å²) in [5.41, 5.74) is 0.431. The number of rotatable bonds is 5. The first-order valence-corrected chi connectivity index (χ1v) is 8.00. The molecule has 1 heterocycles. The molecule has 1 N–H and O–H groups in total. The first-order chi connectivity index (χ1) is 9.56. The van der Waals surface area contributed by atoms with Crippen molar-refractivity contribution in [2.45, 2.75) is 53.1 Å².